The maximum atomic E-state index is 13.3. The summed E-state index contributed by atoms with van der Waals surface area (Å²) in [6.07, 6.45) is 0. The summed E-state index contributed by atoms with van der Waals surface area (Å²) in [6.45, 7) is -0.0429. The number of halogens is 3. The largest absolute Gasteiger partial charge is 0.354 e. The van der Waals surface area contributed by atoms with Crippen LogP contribution in [0.1, 0.15) is 5.56 Å². The van der Waals surface area contributed by atoms with Crippen LogP contribution in [-0.2, 0) is 20.6 Å². The summed E-state index contributed by atoms with van der Waals surface area (Å²) < 4.78 is 27.6. The van der Waals surface area contributed by atoms with Gasteiger partial charge in [0.1, 0.15) is 6.54 Å². The Morgan fingerprint density at radius 2 is 1.58 bits per heavy atom. The van der Waals surface area contributed by atoms with Crippen LogP contribution >= 0.6 is 46.6 Å². The smallest absolute Gasteiger partial charge is 0.264 e. The van der Waals surface area contributed by atoms with Crippen molar-refractivity contribution in [2.75, 3.05) is 23.1 Å². The monoisotopic (exact) mass is 542 g/mol. The lowest BCUT2D eigenvalue weighted by atomic mass is 10.2. The number of benzene rings is 3. The van der Waals surface area contributed by atoms with Crippen molar-refractivity contribution in [3.05, 3.63) is 93.4 Å². The predicted octanol–water partition coefficient (Wildman–Crippen LogP) is 5.89. The first-order valence-electron chi connectivity index (χ1n) is 9.89. The molecule has 0 radical (unpaired) electrons. The van der Waals surface area contributed by atoms with Crippen molar-refractivity contribution in [2.24, 2.45) is 0 Å². The Kier molecular flexibility index (Phi) is 9.35. The van der Waals surface area contributed by atoms with Gasteiger partial charge in [-0.25, -0.2) is 8.42 Å². The molecule has 0 aromatic heterocycles. The molecule has 10 heteroatoms. The Balaban J connectivity index is 1.66. The number of nitrogens with zero attached hydrogens (tertiary/aromatic N) is 1. The van der Waals surface area contributed by atoms with Gasteiger partial charge in [0.15, 0.2) is 0 Å². The van der Waals surface area contributed by atoms with Crippen LogP contribution < -0.4 is 9.62 Å². The highest BCUT2D eigenvalue weighted by Gasteiger charge is 2.28. The van der Waals surface area contributed by atoms with E-state index >= 15 is 0 Å². The van der Waals surface area contributed by atoms with Gasteiger partial charge in [-0.1, -0.05) is 65.1 Å². The molecule has 0 spiro atoms. The maximum absolute atomic E-state index is 13.3. The highest BCUT2D eigenvalue weighted by Crippen LogP contribution is 2.32. The van der Waals surface area contributed by atoms with Gasteiger partial charge in [-0.3, -0.25) is 9.10 Å². The number of thioether (sulfide) groups is 1. The Morgan fingerprint density at radius 1 is 0.909 bits per heavy atom. The summed E-state index contributed by atoms with van der Waals surface area (Å²) in [6, 6.07) is 19.9. The molecule has 1 amide bonds. The summed E-state index contributed by atoms with van der Waals surface area (Å²) >= 11 is 19.9. The minimum absolute atomic E-state index is 0.0485. The zero-order chi connectivity index (χ0) is 23.8. The van der Waals surface area contributed by atoms with E-state index in [1.807, 2.05) is 24.3 Å². The number of carbonyl (C=O) groups is 1. The van der Waals surface area contributed by atoms with Crippen molar-refractivity contribution in [3.63, 3.8) is 0 Å². The van der Waals surface area contributed by atoms with E-state index < -0.39 is 22.5 Å². The van der Waals surface area contributed by atoms with Gasteiger partial charge in [0.05, 0.1) is 15.6 Å². The number of anilines is 1. The van der Waals surface area contributed by atoms with E-state index in [-0.39, 0.29) is 15.6 Å². The molecular weight excluding hydrogens is 523 g/mol. The van der Waals surface area contributed by atoms with Gasteiger partial charge in [0.25, 0.3) is 10.0 Å². The van der Waals surface area contributed by atoms with Gasteiger partial charge in [-0.15, -0.1) is 0 Å². The minimum Gasteiger partial charge on any atom is -0.354 e. The SMILES string of the molecule is O=C(CN(c1cc(Cl)ccc1Cl)S(=O)(=O)c1ccccc1)NCCSCc1ccc(Cl)cc1. The van der Waals surface area contributed by atoms with Crippen molar-refractivity contribution >= 4 is 68.2 Å². The van der Waals surface area contributed by atoms with Crippen LogP contribution in [0.15, 0.2) is 77.7 Å². The van der Waals surface area contributed by atoms with Crippen LogP contribution in [0, 0.1) is 0 Å². The topological polar surface area (TPSA) is 66.5 Å². The molecule has 1 N–H and O–H groups in total. The molecule has 0 heterocycles. The second-order valence-corrected chi connectivity index (χ2v) is 11.2. The fourth-order valence-corrected chi connectivity index (χ4v) is 5.75. The van der Waals surface area contributed by atoms with Gasteiger partial charge in [-0.05, 0) is 48.0 Å². The van der Waals surface area contributed by atoms with Gasteiger partial charge < -0.3 is 5.32 Å². The lowest BCUT2D eigenvalue weighted by Crippen LogP contribution is -2.41. The highest BCUT2D eigenvalue weighted by molar-refractivity contribution is 7.98. The Bertz CT molecular complexity index is 1190. The fourth-order valence-electron chi connectivity index (χ4n) is 2.92. The number of sulfonamides is 1. The molecule has 0 bridgehead atoms. The van der Waals surface area contributed by atoms with Gasteiger partial charge in [-0.2, -0.15) is 11.8 Å². The van der Waals surface area contributed by atoms with Gasteiger partial charge in [0.2, 0.25) is 5.91 Å². The molecule has 0 fully saturated rings. The molecule has 3 aromatic rings. The molecule has 5 nitrogen and oxygen atoms in total. The van der Waals surface area contributed by atoms with Crippen LogP contribution in [0.4, 0.5) is 5.69 Å². The quantitative estimate of drug-likeness (QED) is 0.324. The molecule has 0 unspecified atom stereocenters. The third kappa shape index (κ3) is 7.29. The lowest BCUT2D eigenvalue weighted by molar-refractivity contribution is -0.119. The molecule has 0 aliphatic carbocycles. The highest BCUT2D eigenvalue weighted by atomic mass is 35.5. The number of carbonyl (C=O) groups excluding carboxylic acids is 1. The zero-order valence-corrected chi connectivity index (χ0v) is 21.3. The molecule has 0 saturated carbocycles. The number of amides is 1. The Hall–Kier alpha value is -1.90. The van der Waals surface area contributed by atoms with Crippen molar-refractivity contribution in [2.45, 2.75) is 10.6 Å². The standard InChI is InChI=1S/C23H21Cl3N2O3S2/c24-18-8-6-17(7-9-18)16-32-13-12-27-23(29)15-28(22-14-19(25)10-11-21(22)26)33(30,31)20-4-2-1-3-5-20/h1-11,14H,12-13,15-16H2,(H,27,29). The zero-order valence-electron chi connectivity index (χ0n) is 17.4. The first kappa shape index (κ1) is 25.7. The molecular formula is C23H21Cl3N2O3S2. The fraction of sp³-hybridized carbons (Fsp3) is 0.174. The van der Waals surface area contributed by atoms with E-state index in [2.05, 4.69) is 5.32 Å². The summed E-state index contributed by atoms with van der Waals surface area (Å²) in [4.78, 5) is 12.7. The third-order valence-electron chi connectivity index (χ3n) is 4.55. The van der Waals surface area contributed by atoms with Crippen molar-refractivity contribution in [1.29, 1.82) is 0 Å². The minimum atomic E-state index is -4.05. The van der Waals surface area contributed by atoms with E-state index in [1.165, 1.54) is 24.3 Å². The van der Waals surface area contributed by atoms with E-state index in [1.54, 1.807) is 36.0 Å². The second-order valence-electron chi connectivity index (χ2n) is 6.95. The molecule has 3 aromatic carbocycles. The first-order valence-corrected chi connectivity index (χ1v) is 13.6. The molecule has 174 valence electrons. The first-order chi connectivity index (χ1) is 15.8. The van der Waals surface area contributed by atoms with Crippen LogP contribution in [0.3, 0.4) is 0 Å². The van der Waals surface area contributed by atoms with E-state index in [4.69, 9.17) is 34.8 Å². The second kappa shape index (κ2) is 12.0. The summed E-state index contributed by atoms with van der Waals surface area (Å²) in [5.74, 6) is 0.995. The number of hydrogen-bond acceptors (Lipinski definition) is 4. The van der Waals surface area contributed by atoms with Gasteiger partial charge >= 0.3 is 0 Å². The normalized spacial score (nSPS) is 11.2. The number of hydrogen-bond donors (Lipinski definition) is 1. The molecule has 0 saturated heterocycles. The van der Waals surface area contributed by atoms with E-state index in [0.717, 1.165) is 15.6 Å². The lowest BCUT2D eigenvalue weighted by Gasteiger charge is -2.25. The Morgan fingerprint density at radius 3 is 2.27 bits per heavy atom. The van der Waals surface area contributed by atoms with Crippen LogP contribution in [0.25, 0.3) is 0 Å². The van der Waals surface area contributed by atoms with Gasteiger partial charge in [0, 0.05) is 28.1 Å². The molecule has 33 heavy (non-hydrogen) atoms. The van der Waals surface area contributed by atoms with Crippen LogP contribution in [-0.4, -0.2) is 33.2 Å². The molecule has 3 rings (SSSR count). The predicted molar refractivity (Wildman–Crippen MR) is 138 cm³/mol. The van der Waals surface area contributed by atoms with Crippen LogP contribution in [0.2, 0.25) is 15.1 Å². The Labute approximate surface area is 213 Å². The van der Waals surface area contributed by atoms with Crippen LogP contribution in [0.5, 0.6) is 0 Å². The maximum Gasteiger partial charge on any atom is 0.264 e. The molecule has 0 atom stereocenters. The van der Waals surface area contributed by atoms with Crippen molar-refractivity contribution in [3.8, 4) is 0 Å². The van der Waals surface area contributed by atoms with E-state index in [9.17, 15) is 13.2 Å². The van der Waals surface area contributed by atoms with Crippen molar-refractivity contribution in [1.82, 2.24) is 5.32 Å². The molecule has 0 aliphatic heterocycles. The average molecular weight is 544 g/mol. The third-order valence-corrected chi connectivity index (χ3v) is 8.16. The van der Waals surface area contributed by atoms with Crippen molar-refractivity contribution < 1.29 is 13.2 Å². The average Bonchev–Trinajstić information content (AvgIpc) is 2.80. The number of nitrogens with one attached hydrogen (secondary N) is 1. The van der Waals surface area contributed by atoms with E-state index in [0.29, 0.717) is 22.3 Å². The molecule has 0 aliphatic rings. The summed E-state index contributed by atoms with van der Waals surface area (Å²) in [7, 11) is -4.05. The summed E-state index contributed by atoms with van der Waals surface area (Å²) in [5, 5.41) is 3.94. The number of rotatable bonds is 10. The summed E-state index contributed by atoms with van der Waals surface area (Å²) in [5.41, 5.74) is 1.27.